The van der Waals surface area contributed by atoms with Crippen LogP contribution in [0.2, 0.25) is 0 Å². The Morgan fingerprint density at radius 2 is 1.77 bits per heavy atom. The van der Waals surface area contributed by atoms with E-state index in [-0.39, 0.29) is 29.4 Å². The number of aromatic hydroxyl groups is 1. The molecule has 1 aromatic heterocycles. The molecule has 154 valence electrons. The molecule has 1 aliphatic heterocycles. The molecule has 3 aromatic carbocycles. The van der Waals surface area contributed by atoms with E-state index in [0.717, 1.165) is 5.56 Å². The van der Waals surface area contributed by atoms with E-state index in [1.807, 2.05) is 24.3 Å². The topological polar surface area (TPSA) is 80.0 Å². The van der Waals surface area contributed by atoms with E-state index >= 15 is 0 Å². The Hall–Kier alpha value is -4.06. The third-order valence-corrected chi connectivity index (χ3v) is 5.57. The Kier molecular flexibility index (Phi) is 4.47. The van der Waals surface area contributed by atoms with Gasteiger partial charge in [-0.2, -0.15) is 0 Å². The summed E-state index contributed by atoms with van der Waals surface area (Å²) in [5, 5.41) is 10.5. The second-order valence-corrected chi connectivity index (χ2v) is 7.45. The molecule has 6 nitrogen and oxygen atoms in total. The maximum Gasteiger partial charge on any atom is 0.291 e. The van der Waals surface area contributed by atoms with Crippen molar-refractivity contribution in [1.82, 2.24) is 4.90 Å². The molecule has 0 fully saturated rings. The summed E-state index contributed by atoms with van der Waals surface area (Å²) in [4.78, 5) is 28.4. The first-order valence-corrected chi connectivity index (χ1v) is 9.85. The summed E-state index contributed by atoms with van der Waals surface area (Å²) >= 11 is 0. The number of phenolic OH excluding ortho intramolecular Hbond substituents is 1. The van der Waals surface area contributed by atoms with Crippen molar-refractivity contribution >= 4 is 16.9 Å². The highest BCUT2D eigenvalue weighted by Crippen LogP contribution is 2.39. The predicted octanol–water partition coefficient (Wildman–Crippen LogP) is 4.25. The van der Waals surface area contributed by atoms with Crippen molar-refractivity contribution in [2.24, 2.45) is 0 Å². The summed E-state index contributed by atoms with van der Waals surface area (Å²) in [6.45, 7) is 0.267. The molecule has 6 heteroatoms. The summed E-state index contributed by atoms with van der Waals surface area (Å²) in [6.07, 6.45) is 0. The van der Waals surface area contributed by atoms with Crippen molar-refractivity contribution in [3.63, 3.8) is 0 Å². The smallest absolute Gasteiger partial charge is 0.291 e. The van der Waals surface area contributed by atoms with Gasteiger partial charge in [0.1, 0.15) is 17.1 Å². The van der Waals surface area contributed by atoms with Crippen LogP contribution in [0, 0.1) is 0 Å². The zero-order chi connectivity index (χ0) is 21.5. The third-order valence-electron chi connectivity index (χ3n) is 5.57. The van der Waals surface area contributed by atoms with E-state index in [9.17, 15) is 14.7 Å². The maximum absolute atomic E-state index is 13.4. The van der Waals surface area contributed by atoms with Crippen LogP contribution < -0.4 is 10.2 Å². The molecule has 0 bridgehead atoms. The highest BCUT2D eigenvalue weighted by molar-refractivity contribution is 5.99. The summed E-state index contributed by atoms with van der Waals surface area (Å²) in [5.41, 5.74) is 1.95. The lowest BCUT2D eigenvalue weighted by Crippen LogP contribution is -2.29. The minimum Gasteiger partial charge on any atom is -0.508 e. The first-order valence-electron chi connectivity index (χ1n) is 9.85. The van der Waals surface area contributed by atoms with Gasteiger partial charge in [-0.05, 0) is 47.5 Å². The number of carbonyl (C=O) groups is 1. The van der Waals surface area contributed by atoms with Gasteiger partial charge in [-0.3, -0.25) is 9.59 Å². The number of fused-ring (bicyclic) bond motifs is 2. The maximum atomic E-state index is 13.4. The number of ether oxygens (including phenoxy) is 1. The fraction of sp³-hybridized carbons (Fsp3) is 0.120. The Morgan fingerprint density at radius 3 is 2.52 bits per heavy atom. The largest absolute Gasteiger partial charge is 0.508 e. The van der Waals surface area contributed by atoms with Gasteiger partial charge in [-0.15, -0.1) is 0 Å². The third kappa shape index (κ3) is 3.13. The van der Waals surface area contributed by atoms with Crippen LogP contribution in [-0.4, -0.2) is 23.0 Å². The molecule has 0 spiro atoms. The molecule has 1 amide bonds. The number of rotatable bonds is 4. The van der Waals surface area contributed by atoms with Crippen LogP contribution in [0.3, 0.4) is 0 Å². The van der Waals surface area contributed by atoms with Gasteiger partial charge >= 0.3 is 0 Å². The monoisotopic (exact) mass is 413 g/mol. The molecule has 1 aliphatic rings. The first-order chi connectivity index (χ1) is 15.1. The lowest BCUT2D eigenvalue weighted by molar-refractivity contribution is 0.0714. The number of methoxy groups -OCH3 is 1. The van der Waals surface area contributed by atoms with Crippen molar-refractivity contribution in [2.45, 2.75) is 12.6 Å². The van der Waals surface area contributed by atoms with Crippen LogP contribution in [0.1, 0.15) is 33.3 Å². The van der Waals surface area contributed by atoms with Crippen molar-refractivity contribution < 1.29 is 19.1 Å². The summed E-state index contributed by atoms with van der Waals surface area (Å²) in [6, 6.07) is 20.2. The van der Waals surface area contributed by atoms with Gasteiger partial charge in [0.05, 0.1) is 24.1 Å². The van der Waals surface area contributed by atoms with Crippen molar-refractivity contribution in [3.8, 4) is 11.5 Å². The Labute approximate surface area is 177 Å². The standard InChI is InChI=1S/C25H19NO5/c1-30-18-11-9-15(10-12-18)14-26-22(16-5-4-6-17(27)13-16)21-23(28)19-7-2-3-8-20(19)31-24(21)25(26)29/h2-13,22,27H,14H2,1H3/t22-/m1/s1. The minimum atomic E-state index is -0.669. The van der Waals surface area contributed by atoms with E-state index in [0.29, 0.717) is 27.8 Å². The second kappa shape index (κ2) is 7.32. The zero-order valence-corrected chi connectivity index (χ0v) is 16.7. The normalized spacial score (nSPS) is 15.3. The molecule has 1 N–H and O–H groups in total. The number of benzene rings is 3. The molecule has 4 aromatic rings. The molecular formula is C25H19NO5. The Morgan fingerprint density at radius 1 is 1.00 bits per heavy atom. The lowest BCUT2D eigenvalue weighted by Gasteiger charge is -2.25. The number of hydrogen-bond acceptors (Lipinski definition) is 5. The van der Waals surface area contributed by atoms with E-state index in [1.54, 1.807) is 60.5 Å². The van der Waals surface area contributed by atoms with Crippen LogP contribution in [0.25, 0.3) is 11.0 Å². The van der Waals surface area contributed by atoms with Gasteiger partial charge in [-0.1, -0.05) is 36.4 Å². The lowest BCUT2D eigenvalue weighted by atomic mass is 9.98. The van der Waals surface area contributed by atoms with E-state index < -0.39 is 6.04 Å². The molecule has 0 saturated heterocycles. The van der Waals surface area contributed by atoms with E-state index in [2.05, 4.69) is 0 Å². The molecule has 0 saturated carbocycles. The van der Waals surface area contributed by atoms with Gasteiger partial charge < -0.3 is 19.2 Å². The second-order valence-electron chi connectivity index (χ2n) is 7.45. The van der Waals surface area contributed by atoms with Crippen LogP contribution >= 0.6 is 0 Å². The van der Waals surface area contributed by atoms with Gasteiger partial charge in [-0.25, -0.2) is 0 Å². The van der Waals surface area contributed by atoms with Crippen molar-refractivity contribution in [2.75, 3.05) is 7.11 Å². The van der Waals surface area contributed by atoms with Crippen LogP contribution in [0.5, 0.6) is 11.5 Å². The molecule has 0 unspecified atom stereocenters. The SMILES string of the molecule is COc1ccc(CN2C(=O)c3oc4ccccc4c(=O)c3[C@H]2c2cccc(O)c2)cc1. The number of para-hydroxylation sites is 1. The molecule has 0 radical (unpaired) electrons. The van der Waals surface area contributed by atoms with Crippen molar-refractivity contribution in [1.29, 1.82) is 0 Å². The van der Waals surface area contributed by atoms with Gasteiger partial charge in [0.2, 0.25) is 5.76 Å². The van der Waals surface area contributed by atoms with Gasteiger partial charge in [0.15, 0.2) is 5.43 Å². The average Bonchev–Trinajstić information content (AvgIpc) is 3.06. The zero-order valence-electron chi connectivity index (χ0n) is 16.7. The summed E-state index contributed by atoms with van der Waals surface area (Å²) < 4.78 is 11.1. The first kappa shape index (κ1) is 18.9. The van der Waals surface area contributed by atoms with Crippen LogP contribution in [-0.2, 0) is 6.54 Å². The molecular weight excluding hydrogens is 394 g/mol. The minimum absolute atomic E-state index is 0.0468. The number of amides is 1. The molecule has 2 heterocycles. The number of phenols is 1. The quantitative estimate of drug-likeness (QED) is 0.541. The molecule has 1 atom stereocenters. The highest BCUT2D eigenvalue weighted by Gasteiger charge is 2.42. The Bertz CT molecular complexity index is 1360. The Balaban J connectivity index is 1.69. The molecule has 31 heavy (non-hydrogen) atoms. The predicted molar refractivity (Wildman–Crippen MR) is 115 cm³/mol. The fourth-order valence-corrected chi connectivity index (χ4v) is 4.10. The molecule has 5 rings (SSSR count). The summed E-state index contributed by atoms with van der Waals surface area (Å²) in [5.74, 6) is 0.466. The summed E-state index contributed by atoms with van der Waals surface area (Å²) in [7, 11) is 1.59. The number of hydrogen-bond donors (Lipinski definition) is 1. The fourth-order valence-electron chi connectivity index (χ4n) is 4.10. The van der Waals surface area contributed by atoms with E-state index in [4.69, 9.17) is 9.15 Å². The number of carbonyl (C=O) groups excluding carboxylic acids is 1. The molecule has 0 aliphatic carbocycles. The average molecular weight is 413 g/mol. The van der Waals surface area contributed by atoms with E-state index in [1.165, 1.54) is 0 Å². The van der Waals surface area contributed by atoms with Gasteiger partial charge in [0.25, 0.3) is 5.91 Å². The van der Waals surface area contributed by atoms with Crippen LogP contribution in [0.4, 0.5) is 0 Å². The van der Waals surface area contributed by atoms with Crippen LogP contribution in [0.15, 0.2) is 82.0 Å². The van der Waals surface area contributed by atoms with Crippen molar-refractivity contribution in [3.05, 3.63) is 105 Å². The van der Waals surface area contributed by atoms with Gasteiger partial charge in [0, 0.05) is 6.54 Å². The highest BCUT2D eigenvalue weighted by atomic mass is 16.5. The number of nitrogens with zero attached hydrogens (tertiary/aromatic N) is 1.